The molecule has 0 saturated carbocycles. The largest absolute Gasteiger partial charge is 0.311 e. The summed E-state index contributed by atoms with van der Waals surface area (Å²) >= 11 is 0. The summed E-state index contributed by atoms with van der Waals surface area (Å²) in [5.74, 6) is 0. The van der Waals surface area contributed by atoms with E-state index in [2.05, 4.69) is 232 Å². The van der Waals surface area contributed by atoms with Gasteiger partial charge in [0.05, 0.1) is 0 Å². The Morgan fingerprint density at radius 1 is 0.269 bits per heavy atom. The van der Waals surface area contributed by atoms with Gasteiger partial charge >= 0.3 is 0 Å². The molecule has 0 N–H and O–H groups in total. The van der Waals surface area contributed by atoms with Crippen molar-refractivity contribution in [3.05, 3.63) is 216 Å². The number of anilines is 6. The summed E-state index contributed by atoms with van der Waals surface area (Å²) in [6.07, 6.45) is 0. The third kappa shape index (κ3) is 12.8. The Hall–Kier alpha value is -6.64. The van der Waals surface area contributed by atoms with E-state index in [1.165, 1.54) is 55.6 Å². The van der Waals surface area contributed by atoms with E-state index in [9.17, 15) is 0 Å². The maximum atomic E-state index is 2.40. The van der Waals surface area contributed by atoms with E-state index >= 15 is 0 Å². The lowest BCUT2D eigenvalue weighted by Crippen LogP contribution is -2.15. The molecule has 0 amide bonds. The summed E-state index contributed by atoms with van der Waals surface area (Å²) in [5.41, 5.74) is 19.6. The number of benzene rings is 8. The van der Waals surface area contributed by atoms with Gasteiger partial charge in [0.1, 0.15) is 0 Å². The second-order valence-corrected chi connectivity index (χ2v) is 15.3. The van der Waals surface area contributed by atoms with E-state index in [1.807, 2.05) is 83.1 Å². The number of nitrogens with zero attached hydrogens (tertiary/aromatic N) is 2. The van der Waals surface area contributed by atoms with Crippen molar-refractivity contribution >= 4 is 34.1 Å². The second-order valence-electron chi connectivity index (χ2n) is 15.3. The number of hydrogen-bond acceptors (Lipinski definition) is 2. The van der Waals surface area contributed by atoms with Gasteiger partial charge in [0.2, 0.25) is 0 Å². The van der Waals surface area contributed by atoms with Crippen molar-refractivity contribution in [1.82, 2.24) is 0 Å². The number of rotatable bonds is 8. The zero-order chi connectivity index (χ0) is 49.5. The topological polar surface area (TPSA) is 6.48 Å². The van der Waals surface area contributed by atoms with Gasteiger partial charge in [0.15, 0.2) is 0 Å². The minimum Gasteiger partial charge on any atom is -0.311 e. The molecule has 0 fully saturated rings. The van der Waals surface area contributed by atoms with E-state index in [1.54, 1.807) is 0 Å². The van der Waals surface area contributed by atoms with Crippen molar-refractivity contribution in [2.75, 3.05) is 9.80 Å². The van der Waals surface area contributed by atoms with E-state index < -0.39 is 0 Å². The third-order valence-corrected chi connectivity index (χ3v) is 11.2. The lowest BCUT2D eigenvalue weighted by Gasteiger charge is -2.26. The Morgan fingerprint density at radius 2 is 0.537 bits per heavy atom. The molecule has 0 heterocycles. The van der Waals surface area contributed by atoms with Crippen LogP contribution in [0.25, 0.3) is 33.4 Å². The molecule has 8 aromatic rings. The minimum absolute atomic E-state index is 0.0329. The molecule has 0 radical (unpaired) electrons. The average molecular weight is 889 g/mol. The molecule has 350 valence electrons. The SMILES string of the molecule is CC.CC.CC.CC.CC.CC.Cc1ccc(N(c2ccccc2)c2ccc(-c3ccc(N(c4ccccc4)c4ccc(-c5ccc6c(c5)C(C)(C)c5cc(C)ccc5-6)cc4)cc3)cc2)cc1. The van der Waals surface area contributed by atoms with Crippen LogP contribution < -0.4 is 9.80 Å². The summed E-state index contributed by atoms with van der Waals surface area (Å²) in [6.45, 7) is 33.0. The molecule has 0 aromatic heterocycles. The lowest BCUT2D eigenvalue weighted by molar-refractivity contribution is 0.660. The van der Waals surface area contributed by atoms with Crippen molar-refractivity contribution in [1.29, 1.82) is 0 Å². The zero-order valence-corrected chi connectivity index (χ0v) is 43.9. The number of aryl methyl sites for hydroxylation is 2. The molecule has 8 aromatic carbocycles. The molecular formula is C65H80N2. The molecule has 67 heavy (non-hydrogen) atoms. The highest BCUT2D eigenvalue weighted by Crippen LogP contribution is 2.50. The average Bonchev–Trinajstić information content (AvgIpc) is 3.63. The number of para-hydroxylation sites is 2. The van der Waals surface area contributed by atoms with Gasteiger partial charge in [0.25, 0.3) is 0 Å². The van der Waals surface area contributed by atoms with Crippen LogP contribution in [0.15, 0.2) is 194 Å². The molecule has 0 atom stereocenters. The molecule has 0 bridgehead atoms. The summed E-state index contributed by atoms with van der Waals surface area (Å²) in [6, 6.07) is 70.6. The highest BCUT2D eigenvalue weighted by Gasteiger charge is 2.35. The van der Waals surface area contributed by atoms with E-state index in [0.717, 1.165) is 34.1 Å². The molecule has 1 aliphatic rings. The quantitative estimate of drug-likeness (QED) is 0.150. The molecule has 2 heteroatoms. The molecule has 0 saturated heterocycles. The monoisotopic (exact) mass is 889 g/mol. The van der Waals surface area contributed by atoms with E-state index in [-0.39, 0.29) is 5.41 Å². The maximum Gasteiger partial charge on any atom is 0.0462 e. The lowest BCUT2D eigenvalue weighted by atomic mass is 9.81. The smallest absolute Gasteiger partial charge is 0.0462 e. The predicted molar refractivity (Wildman–Crippen MR) is 302 cm³/mol. The normalized spacial score (nSPS) is 10.8. The van der Waals surface area contributed by atoms with Crippen LogP contribution in [0.2, 0.25) is 0 Å². The van der Waals surface area contributed by atoms with Crippen molar-refractivity contribution in [3.63, 3.8) is 0 Å². The standard InChI is InChI=1S/C53H44N2.6C2H6/c1-37-15-25-45(26-16-37)54(43-11-7-5-8-12-43)46-27-18-39(19-28-46)40-20-29-47(30-21-40)55(44-13-9-6-10-14-44)48-31-22-41(23-32-48)42-24-34-50-49-33-17-38(2)35-51(49)53(3,4)52(50)36-42;6*1-2/h5-36H,1-4H3;6*1-2H3. The van der Waals surface area contributed by atoms with Gasteiger partial charge in [0, 0.05) is 39.5 Å². The van der Waals surface area contributed by atoms with Gasteiger partial charge in [-0.15, -0.1) is 0 Å². The predicted octanol–water partition coefficient (Wildman–Crippen LogP) is 21.0. The van der Waals surface area contributed by atoms with Gasteiger partial charge in [-0.2, -0.15) is 0 Å². The van der Waals surface area contributed by atoms with E-state index in [0.29, 0.717) is 0 Å². The van der Waals surface area contributed by atoms with Crippen LogP contribution in [0.5, 0.6) is 0 Å². The van der Waals surface area contributed by atoms with E-state index in [4.69, 9.17) is 0 Å². The van der Waals surface area contributed by atoms with Crippen LogP contribution in [-0.4, -0.2) is 0 Å². The minimum atomic E-state index is -0.0329. The summed E-state index contributed by atoms with van der Waals surface area (Å²) in [4.78, 5) is 4.64. The summed E-state index contributed by atoms with van der Waals surface area (Å²) in [7, 11) is 0. The van der Waals surface area contributed by atoms with Gasteiger partial charge < -0.3 is 9.80 Å². The Morgan fingerprint density at radius 3 is 0.910 bits per heavy atom. The van der Waals surface area contributed by atoms with Crippen molar-refractivity contribution < 1.29 is 0 Å². The zero-order valence-electron chi connectivity index (χ0n) is 43.9. The summed E-state index contributed by atoms with van der Waals surface area (Å²) < 4.78 is 0. The van der Waals surface area contributed by atoms with Crippen LogP contribution in [0.1, 0.15) is 119 Å². The van der Waals surface area contributed by atoms with Crippen LogP contribution >= 0.6 is 0 Å². The third-order valence-electron chi connectivity index (χ3n) is 11.2. The summed E-state index contributed by atoms with van der Waals surface area (Å²) in [5, 5.41) is 0. The fourth-order valence-electron chi connectivity index (χ4n) is 8.18. The Labute approximate surface area is 408 Å². The first kappa shape index (κ1) is 54.7. The fraction of sp³-hybridized carbons (Fsp3) is 0.262. The maximum absolute atomic E-state index is 2.40. The second kappa shape index (κ2) is 27.7. The van der Waals surface area contributed by atoms with Crippen molar-refractivity contribution in [2.24, 2.45) is 0 Å². The van der Waals surface area contributed by atoms with Crippen LogP contribution in [0, 0.1) is 13.8 Å². The van der Waals surface area contributed by atoms with Crippen molar-refractivity contribution in [2.45, 2.75) is 116 Å². The molecule has 9 rings (SSSR count). The van der Waals surface area contributed by atoms with Gasteiger partial charge in [-0.25, -0.2) is 0 Å². The first-order chi connectivity index (χ1) is 32.8. The van der Waals surface area contributed by atoms with Crippen molar-refractivity contribution in [3.8, 4) is 33.4 Å². The van der Waals surface area contributed by atoms with Gasteiger partial charge in [-0.3, -0.25) is 0 Å². The van der Waals surface area contributed by atoms with Gasteiger partial charge in [-0.1, -0.05) is 223 Å². The molecule has 0 aliphatic heterocycles. The van der Waals surface area contributed by atoms with Crippen LogP contribution in [0.4, 0.5) is 34.1 Å². The molecule has 0 spiro atoms. The highest BCUT2D eigenvalue weighted by atomic mass is 15.1. The first-order valence-corrected chi connectivity index (χ1v) is 25.2. The number of fused-ring (bicyclic) bond motifs is 3. The van der Waals surface area contributed by atoms with Gasteiger partial charge in [-0.05, 0) is 137 Å². The Balaban J connectivity index is 0.000000922. The molecular weight excluding hydrogens is 809 g/mol. The molecule has 1 aliphatic carbocycles. The van der Waals surface area contributed by atoms with Crippen LogP contribution in [-0.2, 0) is 5.41 Å². The first-order valence-electron chi connectivity index (χ1n) is 25.2. The molecule has 0 unspecified atom stereocenters. The number of hydrogen-bond donors (Lipinski definition) is 0. The fourth-order valence-corrected chi connectivity index (χ4v) is 8.18. The Bertz CT molecular complexity index is 2590. The van der Waals surface area contributed by atoms with Crippen LogP contribution in [0.3, 0.4) is 0 Å². The highest BCUT2D eigenvalue weighted by molar-refractivity contribution is 5.85. The Kier molecular flexibility index (Phi) is 22.6. The molecule has 2 nitrogen and oxygen atoms in total.